The Morgan fingerprint density at radius 3 is 2.70 bits per heavy atom. The van der Waals surface area contributed by atoms with Gasteiger partial charge >= 0.3 is 0 Å². The van der Waals surface area contributed by atoms with Crippen molar-refractivity contribution in [2.75, 3.05) is 7.11 Å². The molecule has 0 aromatic heterocycles. The van der Waals surface area contributed by atoms with Gasteiger partial charge in [0.05, 0.1) is 13.4 Å². The summed E-state index contributed by atoms with van der Waals surface area (Å²) in [4.78, 5) is 0. The third-order valence-corrected chi connectivity index (χ3v) is 7.46. The average molecular weight is 315 g/mol. The van der Waals surface area contributed by atoms with Gasteiger partial charge in [0, 0.05) is 0 Å². The maximum absolute atomic E-state index is 5.26. The van der Waals surface area contributed by atoms with Crippen molar-refractivity contribution < 1.29 is 4.74 Å². The standard InChI is InChI=1S/C22H34O/c1-6-20(2)13-10-18-17(16-20)8-9-19-21(3,14-15-23-5)11-7-12-22(18,19)4/h6,10,14-15,17,19H,1,7-9,11-13,16H2,2-5H3/b15-14+/t17-,19+,20-,21-,22-/m0/s1. The first kappa shape index (κ1) is 16.9. The van der Waals surface area contributed by atoms with Crippen LogP contribution in [-0.4, -0.2) is 7.11 Å². The van der Waals surface area contributed by atoms with E-state index in [1.165, 1.54) is 44.9 Å². The molecule has 23 heavy (non-hydrogen) atoms. The molecule has 3 aliphatic carbocycles. The van der Waals surface area contributed by atoms with Gasteiger partial charge in [0.25, 0.3) is 0 Å². The van der Waals surface area contributed by atoms with Crippen molar-refractivity contribution in [3.8, 4) is 0 Å². The highest BCUT2D eigenvalue weighted by molar-refractivity contribution is 5.29. The predicted molar refractivity (Wildman–Crippen MR) is 98.0 cm³/mol. The summed E-state index contributed by atoms with van der Waals surface area (Å²) in [6, 6.07) is 0. The second kappa shape index (κ2) is 5.83. The minimum absolute atomic E-state index is 0.286. The van der Waals surface area contributed by atoms with E-state index >= 15 is 0 Å². The van der Waals surface area contributed by atoms with Gasteiger partial charge in [-0.15, -0.1) is 6.58 Å². The first-order chi connectivity index (χ1) is 10.9. The Morgan fingerprint density at radius 2 is 2.00 bits per heavy atom. The predicted octanol–water partition coefficient (Wildman–Crippen LogP) is 6.28. The van der Waals surface area contributed by atoms with Crippen molar-refractivity contribution in [3.63, 3.8) is 0 Å². The molecule has 128 valence electrons. The van der Waals surface area contributed by atoms with Gasteiger partial charge in [-0.1, -0.05) is 44.9 Å². The van der Waals surface area contributed by atoms with Crippen LogP contribution in [0.5, 0.6) is 0 Å². The van der Waals surface area contributed by atoms with Gasteiger partial charge in [0.15, 0.2) is 0 Å². The Kier molecular flexibility index (Phi) is 4.27. The molecule has 0 saturated heterocycles. The molecule has 3 aliphatic rings. The van der Waals surface area contributed by atoms with E-state index in [2.05, 4.69) is 45.6 Å². The fourth-order valence-electron chi connectivity index (χ4n) is 6.09. The highest BCUT2D eigenvalue weighted by Crippen LogP contribution is 2.64. The summed E-state index contributed by atoms with van der Waals surface area (Å²) in [5.41, 5.74) is 2.76. The van der Waals surface area contributed by atoms with Crippen LogP contribution in [0.2, 0.25) is 0 Å². The largest absolute Gasteiger partial charge is 0.505 e. The van der Waals surface area contributed by atoms with Crippen molar-refractivity contribution in [2.45, 2.75) is 65.7 Å². The van der Waals surface area contributed by atoms with E-state index in [1.54, 1.807) is 12.7 Å². The molecule has 0 N–H and O–H groups in total. The van der Waals surface area contributed by atoms with Crippen molar-refractivity contribution >= 4 is 0 Å². The van der Waals surface area contributed by atoms with E-state index in [0.29, 0.717) is 10.8 Å². The van der Waals surface area contributed by atoms with Crippen LogP contribution in [0.4, 0.5) is 0 Å². The topological polar surface area (TPSA) is 9.23 Å². The summed E-state index contributed by atoms with van der Waals surface area (Å²) >= 11 is 0. The second-order valence-corrected chi connectivity index (χ2v) is 9.07. The molecule has 0 radical (unpaired) electrons. The third-order valence-electron chi connectivity index (χ3n) is 7.46. The van der Waals surface area contributed by atoms with Crippen LogP contribution in [0, 0.1) is 28.1 Å². The second-order valence-electron chi connectivity index (χ2n) is 9.07. The maximum Gasteiger partial charge on any atom is 0.0790 e. The summed E-state index contributed by atoms with van der Waals surface area (Å²) in [5, 5.41) is 0. The van der Waals surface area contributed by atoms with Crippen LogP contribution in [0.3, 0.4) is 0 Å². The first-order valence-electron chi connectivity index (χ1n) is 9.41. The van der Waals surface area contributed by atoms with Crippen molar-refractivity contribution in [3.05, 3.63) is 36.6 Å². The lowest BCUT2D eigenvalue weighted by molar-refractivity contribution is 0.0000608. The molecular weight excluding hydrogens is 280 g/mol. The molecule has 0 aromatic rings. The SMILES string of the molecule is C=C[C@@]1(C)CC=C2[C@@H](CC[C@H]3[C@@]2(C)CCC[C@@]3(C)/C=C/OC)C1. The lowest BCUT2D eigenvalue weighted by Crippen LogP contribution is -2.49. The molecule has 2 saturated carbocycles. The lowest BCUT2D eigenvalue weighted by atomic mass is 9.46. The van der Waals surface area contributed by atoms with Gasteiger partial charge in [-0.25, -0.2) is 0 Å². The molecular formula is C22H34O. The normalized spacial score (nSPS) is 46.7. The van der Waals surface area contributed by atoms with Gasteiger partial charge in [0.2, 0.25) is 0 Å². The number of hydrogen-bond donors (Lipinski definition) is 0. The molecule has 0 unspecified atom stereocenters. The molecule has 0 aliphatic heterocycles. The third kappa shape index (κ3) is 2.71. The molecule has 0 aromatic carbocycles. The zero-order chi connectivity index (χ0) is 16.7. The van der Waals surface area contributed by atoms with E-state index in [-0.39, 0.29) is 5.41 Å². The number of fused-ring (bicyclic) bond motifs is 3. The lowest BCUT2D eigenvalue weighted by Gasteiger charge is -2.58. The van der Waals surface area contributed by atoms with Crippen molar-refractivity contribution in [1.29, 1.82) is 0 Å². The zero-order valence-corrected chi connectivity index (χ0v) is 15.5. The molecule has 0 heterocycles. The summed E-state index contributed by atoms with van der Waals surface area (Å²) in [7, 11) is 1.76. The van der Waals surface area contributed by atoms with Crippen LogP contribution in [-0.2, 0) is 4.74 Å². The van der Waals surface area contributed by atoms with Crippen LogP contribution in [0.25, 0.3) is 0 Å². The van der Waals surface area contributed by atoms with Gasteiger partial charge in [-0.2, -0.15) is 0 Å². The molecule has 0 amide bonds. The van der Waals surface area contributed by atoms with Gasteiger partial charge in [-0.05, 0) is 72.7 Å². The Morgan fingerprint density at radius 1 is 1.22 bits per heavy atom. The summed E-state index contributed by atoms with van der Waals surface area (Å²) in [6.45, 7) is 11.5. The minimum Gasteiger partial charge on any atom is -0.505 e. The van der Waals surface area contributed by atoms with E-state index < -0.39 is 0 Å². The molecule has 3 rings (SSSR count). The van der Waals surface area contributed by atoms with Crippen molar-refractivity contribution in [2.24, 2.45) is 28.1 Å². The molecule has 5 atom stereocenters. The number of ether oxygens (including phenoxy) is 1. The van der Waals surface area contributed by atoms with E-state index in [1.807, 2.05) is 6.26 Å². The van der Waals surface area contributed by atoms with E-state index in [4.69, 9.17) is 4.74 Å². The van der Waals surface area contributed by atoms with E-state index in [9.17, 15) is 0 Å². The molecule has 2 fully saturated rings. The Balaban J connectivity index is 1.95. The summed E-state index contributed by atoms with van der Waals surface area (Å²) < 4.78 is 5.26. The van der Waals surface area contributed by atoms with Crippen LogP contribution in [0.15, 0.2) is 36.6 Å². The minimum atomic E-state index is 0.286. The highest BCUT2D eigenvalue weighted by Gasteiger charge is 2.54. The van der Waals surface area contributed by atoms with Crippen LogP contribution >= 0.6 is 0 Å². The highest BCUT2D eigenvalue weighted by atomic mass is 16.5. The first-order valence-corrected chi connectivity index (χ1v) is 9.41. The van der Waals surface area contributed by atoms with Crippen LogP contribution in [0.1, 0.15) is 65.7 Å². The summed E-state index contributed by atoms with van der Waals surface area (Å²) in [6.07, 6.45) is 18.3. The van der Waals surface area contributed by atoms with Crippen LogP contribution < -0.4 is 0 Å². The molecule has 1 heteroatoms. The quantitative estimate of drug-likeness (QED) is 0.440. The van der Waals surface area contributed by atoms with Gasteiger partial charge in [0.1, 0.15) is 0 Å². The molecule has 0 spiro atoms. The average Bonchev–Trinajstić information content (AvgIpc) is 2.52. The number of hydrogen-bond acceptors (Lipinski definition) is 1. The molecule has 0 bridgehead atoms. The zero-order valence-electron chi connectivity index (χ0n) is 15.5. The maximum atomic E-state index is 5.26. The van der Waals surface area contributed by atoms with Crippen molar-refractivity contribution in [1.82, 2.24) is 0 Å². The fourth-order valence-corrected chi connectivity index (χ4v) is 6.09. The Hall–Kier alpha value is -0.980. The van der Waals surface area contributed by atoms with E-state index in [0.717, 1.165) is 11.8 Å². The Bertz CT molecular complexity index is 530. The monoisotopic (exact) mass is 314 g/mol. The fraction of sp³-hybridized carbons (Fsp3) is 0.727. The summed E-state index contributed by atoms with van der Waals surface area (Å²) in [5.74, 6) is 1.53. The number of rotatable bonds is 3. The smallest absolute Gasteiger partial charge is 0.0790 e. The van der Waals surface area contributed by atoms with Gasteiger partial charge in [-0.3, -0.25) is 0 Å². The number of methoxy groups -OCH3 is 1. The number of allylic oxidation sites excluding steroid dienone is 4. The molecule has 1 nitrogen and oxygen atoms in total. The van der Waals surface area contributed by atoms with Gasteiger partial charge < -0.3 is 4.74 Å². The Labute approximate surface area is 142 Å².